The number of hydrogen-bond acceptors (Lipinski definition) is 7. The van der Waals surface area contributed by atoms with E-state index in [9.17, 15) is 19.6 Å². The zero-order valence-corrected chi connectivity index (χ0v) is 18.6. The molecular weight excluding hydrogens is 424 g/mol. The molecule has 2 aromatic rings. The molecule has 0 radical (unpaired) electrons. The van der Waals surface area contributed by atoms with Crippen LogP contribution in [-0.2, 0) is 21.5 Å². The Labute approximate surface area is 190 Å². The van der Waals surface area contributed by atoms with Crippen molar-refractivity contribution in [2.45, 2.75) is 18.9 Å². The van der Waals surface area contributed by atoms with E-state index in [1.807, 2.05) is 25.1 Å². The van der Waals surface area contributed by atoms with Crippen LogP contribution in [0, 0.1) is 18.3 Å². The van der Waals surface area contributed by atoms with Crippen LogP contribution in [0.4, 0.5) is 5.69 Å². The maximum absolute atomic E-state index is 14.0. The van der Waals surface area contributed by atoms with Gasteiger partial charge in [-0.05, 0) is 27.1 Å². The van der Waals surface area contributed by atoms with Crippen molar-refractivity contribution in [3.05, 3.63) is 69.0 Å². The Balaban J connectivity index is 2.10. The lowest BCUT2D eigenvalue weighted by Crippen LogP contribution is -2.51. The van der Waals surface area contributed by atoms with Gasteiger partial charge >= 0.3 is 0 Å². The minimum atomic E-state index is -1.84. The number of nitriles is 1. The minimum Gasteiger partial charge on any atom is -0.440 e. The molecule has 1 atom stereocenters. The predicted octanol–water partition coefficient (Wildman–Crippen LogP) is -0.0774. The summed E-state index contributed by atoms with van der Waals surface area (Å²) in [5, 5.41) is 10.1. The van der Waals surface area contributed by atoms with Crippen molar-refractivity contribution in [3.8, 4) is 11.8 Å². The number of rotatable bonds is 5. The molecule has 3 heterocycles. The molecule has 170 valence electrons. The van der Waals surface area contributed by atoms with Gasteiger partial charge in [0.05, 0.1) is 5.56 Å². The average molecular weight is 448 g/mol. The topological polar surface area (TPSA) is 148 Å². The number of fused-ring (bicyclic) bond motifs is 4. The fraction of sp³-hybridized carbons (Fsp3) is 0.304. The van der Waals surface area contributed by atoms with Crippen molar-refractivity contribution in [3.63, 3.8) is 0 Å². The molecule has 1 aromatic heterocycles. The number of aryl methyl sites for hydroxylation is 1. The van der Waals surface area contributed by atoms with E-state index >= 15 is 0 Å². The summed E-state index contributed by atoms with van der Waals surface area (Å²) in [4.78, 5) is 42.8. The summed E-state index contributed by atoms with van der Waals surface area (Å²) in [5.74, 6) is -1.53. The van der Waals surface area contributed by atoms with Crippen molar-refractivity contribution < 1.29 is 14.3 Å². The maximum Gasteiger partial charge on any atom is 0.259 e. The molecule has 0 aliphatic carbocycles. The highest BCUT2D eigenvalue weighted by Crippen LogP contribution is 2.54. The fourth-order valence-corrected chi connectivity index (χ4v) is 4.61. The number of hydrogen-bond donors (Lipinski definition) is 2. The van der Waals surface area contributed by atoms with E-state index in [0.29, 0.717) is 30.0 Å². The largest absolute Gasteiger partial charge is 0.440 e. The average Bonchev–Trinajstić information content (AvgIpc) is 2.96. The number of likely N-dealkylation sites (N-methyl/N-ethyl adjacent to an activating group) is 1. The van der Waals surface area contributed by atoms with E-state index in [4.69, 9.17) is 16.2 Å². The van der Waals surface area contributed by atoms with Gasteiger partial charge in [0.15, 0.2) is 5.41 Å². The summed E-state index contributed by atoms with van der Waals surface area (Å²) < 4.78 is 7.24. The lowest BCUT2D eigenvalue weighted by Gasteiger charge is -2.34. The summed E-state index contributed by atoms with van der Waals surface area (Å²) in [5.41, 5.74) is 10.4. The van der Waals surface area contributed by atoms with Crippen molar-refractivity contribution in [2.24, 2.45) is 11.5 Å². The van der Waals surface area contributed by atoms with Crippen LogP contribution in [0.25, 0.3) is 0 Å². The molecule has 0 fully saturated rings. The molecule has 1 aromatic carbocycles. The van der Waals surface area contributed by atoms with Gasteiger partial charge in [-0.15, -0.1) is 0 Å². The van der Waals surface area contributed by atoms with Gasteiger partial charge in [0.1, 0.15) is 23.9 Å². The fourth-order valence-electron chi connectivity index (χ4n) is 4.61. The quantitative estimate of drug-likeness (QED) is 0.650. The van der Waals surface area contributed by atoms with Crippen molar-refractivity contribution in [1.82, 2.24) is 9.47 Å². The van der Waals surface area contributed by atoms with Crippen LogP contribution in [0.5, 0.6) is 5.75 Å². The number of nitrogens with zero attached hydrogens (tertiary/aromatic N) is 4. The number of ether oxygens (including phenoxy) is 1. The molecule has 10 heteroatoms. The van der Waals surface area contributed by atoms with Gasteiger partial charge in [0.25, 0.3) is 5.56 Å². The first-order chi connectivity index (χ1) is 15.6. The number of nitrogens with two attached hydrogens (primary N) is 2. The third-order valence-corrected chi connectivity index (χ3v) is 6.05. The summed E-state index contributed by atoms with van der Waals surface area (Å²) >= 11 is 0. The van der Waals surface area contributed by atoms with Crippen LogP contribution in [-0.4, -0.2) is 48.5 Å². The lowest BCUT2D eigenvalue weighted by molar-refractivity contribution is -0.123. The SMILES string of the molecule is Cc1cc2c(c(=O)n1CCN(C)C)C1(C(=O)N(CC(N)=O)c3ccccc31)C(C#N)=C(N)O2. The second-order valence-corrected chi connectivity index (χ2v) is 8.36. The summed E-state index contributed by atoms with van der Waals surface area (Å²) in [6, 6.07) is 10.3. The number of benzene rings is 1. The van der Waals surface area contributed by atoms with E-state index in [0.717, 1.165) is 0 Å². The first-order valence-electron chi connectivity index (χ1n) is 10.3. The number of anilines is 1. The van der Waals surface area contributed by atoms with Crippen LogP contribution in [0.15, 0.2) is 46.6 Å². The van der Waals surface area contributed by atoms with Gasteiger partial charge in [-0.2, -0.15) is 5.26 Å². The van der Waals surface area contributed by atoms with E-state index in [1.54, 1.807) is 41.8 Å². The highest BCUT2D eigenvalue weighted by atomic mass is 16.5. The van der Waals surface area contributed by atoms with Crippen LogP contribution >= 0.6 is 0 Å². The van der Waals surface area contributed by atoms with Gasteiger partial charge in [0, 0.05) is 36.1 Å². The number of amides is 2. The van der Waals surface area contributed by atoms with Gasteiger partial charge in [-0.3, -0.25) is 14.4 Å². The van der Waals surface area contributed by atoms with Gasteiger partial charge in [-0.25, -0.2) is 0 Å². The van der Waals surface area contributed by atoms with Crippen LogP contribution in [0.1, 0.15) is 16.8 Å². The Morgan fingerprint density at radius 2 is 1.97 bits per heavy atom. The molecule has 2 aliphatic heterocycles. The summed E-state index contributed by atoms with van der Waals surface area (Å²) in [6.07, 6.45) is 0. The molecule has 1 spiro atoms. The minimum absolute atomic E-state index is 0.00188. The third kappa shape index (κ3) is 3.08. The van der Waals surface area contributed by atoms with E-state index in [-0.39, 0.29) is 22.8 Å². The van der Waals surface area contributed by atoms with Gasteiger partial charge < -0.3 is 30.6 Å². The molecule has 1 unspecified atom stereocenters. The van der Waals surface area contributed by atoms with Crippen molar-refractivity contribution in [2.75, 3.05) is 32.1 Å². The lowest BCUT2D eigenvalue weighted by atomic mass is 9.69. The molecule has 4 N–H and O–H groups in total. The summed E-state index contributed by atoms with van der Waals surface area (Å²) in [6.45, 7) is 2.29. The molecule has 10 nitrogen and oxygen atoms in total. The third-order valence-electron chi connectivity index (χ3n) is 6.05. The standard InChI is InChI=1S/C23H24N6O4/c1-13-10-17-19(21(31)28(13)9-8-27(2)3)23(15(11-24)20(26)33-17)14-6-4-5-7-16(14)29(22(23)32)12-18(25)30/h4-7,10H,8-9,12,26H2,1-3H3,(H2,25,30). The monoisotopic (exact) mass is 448 g/mol. The number of pyridine rings is 1. The highest BCUT2D eigenvalue weighted by molar-refractivity contribution is 6.15. The molecular formula is C23H24N6O4. The molecule has 0 bridgehead atoms. The number of carbonyl (C=O) groups excluding carboxylic acids is 2. The zero-order chi connectivity index (χ0) is 24.1. The number of primary amides is 1. The molecule has 0 saturated heterocycles. The summed E-state index contributed by atoms with van der Waals surface area (Å²) in [7, 11) is 3.78. The van der Waals surface area contributed by atoms with Crippen molar-refractivity contribution >= 4 is 17.5 Å². The number of aromatic nitrogens is 1. The van der Waals surface area contributed by atoms with E-state index in [1.165, 1.54) is 4.90 Å². The molecule has 2 amide bonds. The number of carbonyl (C=O) groups is 2. The Morgan fingerprint density at radius 1 is 1.27 bits per heavy atom. The molecule has 33 heavy (non-hydrogen) atoms. The first-order valence-corrected chi connectivity index (χ1v) is 10.3. The van der Waals surface area contributed by atoms with E-state index < -0.39 is 29.3 Å². The molecule has 0 saturated carbocycles. The second-order valence-electron chi connectivity index (χ2n) is 8.36. The number of para-hydroxylation sites is 1. The zero-order valence-electron chi connectivity index (χ0n) is 18.6. The molecule has 2 aliphatic rings. The Kier molecular flexibility index (Phi) is 5.22. The molecule has 4 rings (SSSR count). The predicted molar refractivity (Wildman–Crippen MR) is 120 cm³/mol. The normalized spacial score (nSPS) is 18.9. The second kappa shape index (κ2) is 7.79. The Bertz CT molecular complexity index is 1320. The van der Waals surface area contributed by atoms with Crippen molar-refractivity contribution in [1.29, 1.82) is 5.26 Å². The first kappa shape index (κ1) is 22.1. The highest BCUT2D eigenvalue weighted by Gasteiger charge is 2.60. The van der Waals surface area contributed by atoms with Crippen LogP contribution in [0.3, 0.4) is 0 Å². The van der Waals surface area contributed by atoms with Crippen LogP contribution in [0.2, 0.25) is 0 Å². The van der Waals surface area contributed by atoms with Gasteiger partial charge in [-0.1, -0.05) is 18.2 Å². The maximum atomic E-state index is 14.0. The smallest absolute Gasteiger partial charge is 0.259 e. The van der Waals surface area contributed by atoms with E-state index in [2.05, 4.69) is 0 Å². The van der Waals surface area contributed by atoms with Gasteiger partial charge in [0.2, 0.25) is 17.7 Å². The Morgan fingerprint density at radius 3 is 2.61 bits per heavy atom. The Hall–Kier alpha value is -4.10. The van der Waals surface area contributed by atoms with Crippen LogP contribution < -0.4 is 26.7 Å².